The molecule has 8 nitrogen and oxygen atoms in total. The summed E-state index contributed by atoms with van der Waals surface area (Å²) in [7, 11) is 3.23. The van der Waals surface area contributed by atoms with Crippen molar-refractivity contribution in [3.63, 3.8) is 0 Å². The van der Waals surface area contributed by atoms with Crippen LogP contribution in [-0.2, 0) is 11.4 Å². The van der Waals surface area contributed by atoms with Crippen LogP contribution in [0.25, 0.3) is 0 Å². The van der Waals surface area contributed by atoms with Crippen molar-refractivity contribution in [3.05, 3.63) is 107 Å². The number of nitrogens with one attached hydrogen (secondary N) is 1. The van der Waals surface area contributed by atoms with Crippen LogP contribution in [0.3, 0.4) is 0 Å². The summed E-state index contributed by atoms with van der Waals surface area (Å²) in [5.41, 5.74) is 4.65. The molecule has 1 aliphatic carbocycles. The van der Waals surface area contributed by atoms with Crippen molar-refractivity contribution in [2.45, 2.75) is 31.4 Å². The number of aromatic nitrogens is 3. The Hall–Kier alpha value is -4.59. The maximum absolute atomic E-state index is 13.8. The summed E-state index contributed by atoms with van der Waals surface area (Å²) in [5.74, 6) is 2.75. The van der Waals surface area contributed by atoms with Crippen LogP contribution in [0.5, 0.6) is 17.2 Å². The van der Waals surface area contributed by atoms with Gasteiger partial charge in [-0.1, -0.05) is 48.5 Å². The van der Waals surface area contributed by atoms with Gasteiger partial charge in [-0.25, -0.2) is 4.68 Å². The second-order valence-corrected chi connectivity index (χ2v) is 9.44. The summed E-state index contributed by atoms with van der Waals surface area (Å²) in [5, 5.41) is 7.85. The van der Waals surface area contributed by atoms with Gasteiger partial charge in [-0.15, -0.1) is 0 Å². The maximum Gasteiger partial charge on any atom is 0.226 e. The van der Waals surface area contributed by atoms with E-state index in [1.54, 1.807) is 18.9 Å². The van der Waals surface area contributed by atoms with Crippen LogP contribution in [0.2, 0.25) is 0 Å². The quantitative estimate of drug-likeness (QED) is 0.363. The third kappa shape index (κ3) is 4.38. The standard InChI is InChI=1S/C30H28N4O4/c1-36-26-12-11-20(16-27(26)37-2)22-14-24-28(25(35)15-22)29(34-30(33-24)31-18-32-34)21-9-6-10-23(13-21)38-17-19-7-4-3-5-8-19/h3-13,16,18,22,29H,14-15,17H2,1-2H3,(H,31,32,33)/t22-,29+/m1/s1. The molecule has 0 radical (unpaired) electrons. The fourth-order valence-electron chi connectivity index (χ4n) is 5.32. The predicted molar refractivity (Wildman–Crippen MR) is 143 cm³/mol. The van der Waals surface area contributed by atoms with E-state index in [0.29, 0.717) is 36.9 Å². The molecule has 0 amide bonds. The summed E-state index contributed by atoms with van der Waals surface area (Å²) in [6, 6.07) is 23.4. The molecule has 1 aromatic heterocycles. The van der Waals surface area contributed by atoms with Crippen LogP contribution in [0, 0.1) is 0 Å². The fourth-order valence-corrected chi connectivity index (χ4v) is 5.32. The van der Waals surface area contributed by atoms with Gasteiger partial charge in [0.15, 0.2) is 17.3 Å². The molecule has 0 bridgehead atoms. The minimum absolute atomic E-state index is 0.00391. The van der Waals surface area contributed by atoms with Gasteiger partial charge in [0.2, 0.25) is 5.95 Å². The molecule has 3 aromatic carbocycles. The molecule has 4 aromatic rings. The molecular formula is C30H28N4O4. The van der Waals surface area contributed by atoms with Gasteiger partial charge in [0.25, 0.3) is 0 Å². The molecular weight excluding hydrogens is 480 g/mol. The van der Waals surface area contributed by atoms with Crippen LogP contribution in [0.1, 0.15) is 41.5 Å². The van der Waals surface area contributed by atoms with E-state index in [0.717, 1.165) is 33.7 Å². The number of carbonyl (C=O) groups excluding carboxylic acids is 1. The summed E-state index contributed by atoms with van der Waals surface area (Å²) < 4.78 is 18.8. The van der Waals surface area contributed by atoms with E-state index in [1.807, 2.05) is 72.8 Å². The molecule has 1 N–H and O–H groups in total. The van der Waals surface area contributed by atoms with Crippen molar-refractivity contribution in [1.82, 2.24) is 14.8 Å². The highest BCUT2D eigenvalue weighted by molar-refractivity contribution is 6.00. The van der Waals surface area contributed by atoms with Crippen molar-refractivity contribution >= 4 is 11.7 Å². The molecule has 0 fully saturated rings. The lowest BCUT2D eigenvalue weighted by molar-refractivity contribution is -0.116. The largest absolute Gasteiger partial charge is 0.493 e. The van der Waals surface area contributed by atoms with E-state index >= 15 is 0 Å². The topological polar surface area (TPSA) is 87.5 Å². The van der Waals surface area contributed by atoms with Gasteiger partial charge in [0, 0.05) is 17.7 Å². The summed E-state index contributed by atoms with van der Waals surface area (Å²) in [6.07, 6.45) is 2.57. The van der Waals surface area contributed by atoms with Gasteiger partial charge in [0.05, 0.1) is 14.2 Å². The number of hydrogen-bond acceptors (Lipinski definition) is 7. The third-order valence-electron chi connectivity index (χ3n) is 7.16. The van der Waals surface area contributed by atoms with Gasteiger partial charge >= 0.3 is 0 Å². The summed E-state index contributed by atoms with van der Waals surface area (Å²) in [6.45, 7) is 0.463. The van der Waals surface area contributed by atoms with Gasteiger partial charge in [-0.2, -0.15) is 10.1 Å². The van der Waals surface area contributed by atoms with E-state index in [1.165, 1.54) is 6.33 Å². The van der Waals surface area contributed by atoms with Crippen LogP contribution in [0.15, 0.2) is 90.4 Å². The van der Waals surface area contributed by atoms with E-state index in [4.69, 9.17) is 14.2 Å². The molecule has 8 heteroatoms. The van der Waals surface area contributed by atoms with Crippen molar-refractivity contribution in [1.29, 1.82) is 0 Å². The number of nitrogens with zero attached hydrogens (tertiary/aromatic N) is 3. The first-order valence-electron chi connectivity index (χ1n) is 12.6. The average molecular weight is 509 g/mol. The summed E-state index contributed by atoms with van der Waals surface area (Å²) in [4.78, 5) is 18.2. The van der Waals surface area contributed by atoms with Gasteiger partial charge in [0.1, 0.15) is 24.7 Å². The van der Waals surface area contributed by atoms with Gasteiger partial charge in [-0.05, 0) is 53.3 Å². The van der Waals surface area contributed by atoms with Crippen LogP contribution in [0.4, 0.5) is 5.95 Å². The lowest BCUT2D eigenvalue weighted by Crippen LogP contribution is -2.33. The molecule has 0 saturated carbocycles. The molecule has 2 heterocycles. The highest BCUT2D eigenvalue weighted by atomic mass is 16.5. The van der Waals surface area contributed by atoms with Gasteiger partial charge < -0.3 is 19.5 Å². The molecule has 0 spiro atoms. The zero-order chi connectivity index (χ0) is 26.1. The normalized spacial score (nSPS) is 18.3. The molecule has 1 aliphatic heterocycles. The number of Topliss-reactive ketones (excluding diaryl/α,β-unsaturated/α-hetero) is 1. The van der Waals surface area contributed by atoms with E-state index < -0.39 is 0 Å². The van der Waals surface area contributed by atoms with Gasteiger partial charge in [-0.3, -0.25) is 4.79 Å². The first kappa shape index (κ1) is 23.8. The number of ether oxygens (including phenoxy) is 3. The van der Waals surface area contributed by atoms with Crippen molar-refractivity contribution in [2.75, 3.05) is 19.5 Å². The van der Waals surface area contributed by atoms with Crippen LogP contribution in [-0.4, -0.2) is 34.8 Å². The molecule has 2 aliphatic rings. The molecule has 0 unspecified atom stereocenters. The lowest BCUT2D eigenvalue weighted by Gasteiger charge is -2.35. The molecule has 6 rings (SSSR count). The predicted octanol–water partition coefficient (Wildman–Crippen LogP) is 5.29. The first-order chi connectivity index (χ1) is 18.6. The number of anilines is 1. The fraction of sp³-hybridized carbons (Fsp3) is 0.233. The Kier molecular flexibility index (Phi) is 6.29. The van der Waals surface area contributed by atoms with Crippen molar-refractivity contribution in [2.24, 2.45) is 0 Å². The molecule has 38 heavy (non-hydrogen) atoms. The second-order valence-electron chi connectivity index (χ2n) is 9.44. The monoisotopic (exact) mass is 508 g/mol. The molecule has 2 atom stereocenters. The number of benzene rings is 3. The van der Waals surface area contributed by atoms with E-state index in [-0.39, 0.29) is 17.7 Å². The van der Waals surface area contributed by atoms with E-state index in [9.17, 15) is 4.79 Å². The minimum Gasteiger partial charge on any atom is -0.493 e. The lowest BCUT2D eigenvalue weighted by atomic mass is 9.78. The van der Waals surface area contributed by atoms with Crippen molar-refractivity contribution < 1.29 is 19.0 Å². The Morgan fingerprint density at radius 2 is 1.76 bits per heavy atom. The van der Waals surface area contributed by atoms with E-state index in [2.05, 4.69) is 15.4 Å². The number of allylic oxidation sites excluding steroid dienone is 2. The smallest absolute Gasteiger partial charge is 0.226 e. The SMILES string of the molecule is COc1ccc([C@H]2CC(=O)C3=C(C2)Nc2ncnn2[C@H]3c2cccc(OCc3ccccc3)c2)cc1OC. The third-order valence-corrected chi connectivity index (χ3v) is 7.16. The first-order valence-corrected chi connectivity index (χ1v) is 12.6. The second kappa shape index (κ2) is 10.0. The highest BCUT2D eigenvalue weighted by Crippen LogP contribution is 2.45. The zero-order valence-electron chi connectivity index (χ0n) is 21.3. The summed E-state index contributed by atoms with van der Waals surface area (Å²) >= 11 is 0. The highest BCUT2D eigenvalue weighted by Gasteiger charge is 2.39. The Labute approximate surface area is 220 Å². The Morgan fingerprint density at radius 1 is 0.921 bits per heavy atom. The average Bonchev–Trinajstić information content (AvgIpc) is 3.43. The van der Waals surface area contributed by atoms with Crippen LogP contribution < -0.4 is 19.5 Å². The number of fused-ring (bicyclic) bond motifs is 1. The zero-order valence-corrected chi connectivity index (χ0v) is 21.3. The number of carbonyl (C=O) groups is 1. The molecule has 192 valence electrons. The minimum atomic E-state index is -0.386. The number of methoxy groups -OCH3 is 2. The number of hydrogen-bond donors (Lipinski definition) is 1. The number of ketones is 1. The molecule has 0 saturated heterocycles. The van der Waals surface area contributed by atoms with Crippen LogP contribution >= 0.6 is 0 Å². The maximum atomic E-state index is 13.8. The number of rotatable bonds is 7. The Morgan fingerprint density at radius 3 is 2.58 bits per heavy atom. The Bertz CT molecular complexity index is 1510. The Balaban J connectivity index is 1.33. The van der Waals surface area contributed by atoms with Crippen molar-refractivity contribution in [3.8, 4) is 17.2 Å².